The zero-order valence-corrected chi connectivity index (χ0v) is 12.2. The van der Waals surface area contributed by atoms with Crippen LogP contribution in [-0.2, 0) is 19.7 Å². The molecule has 7 nitrogen and oxygen atoms in total. The van der Waals surface area contributed by atoms with Crippen molar-refractivity contribution in [3.05, 3.63) is 35.4 Å². The molecule has 0 bridgehead atoms. The Labute approximate surface area is 123 Å². The lowest BCUT2D eigenvalue weighted by Gasteiger charge is -2.33. The van der Waals surface area contributed by atoms with E-state index >= 15 is 0 Å². The first-order valence-corrected chi connectivity index (χ1v) is 7.15. The Morgan fingerprint density at radius 3 is 2.33 bits per heavy atom. The molecule has 0 spiro atoms. The third-order valence-electron chi connectivity index (χ3n) is 3.65. The second-order valence-electron chi connectivity index (χ2n) is 5.31. The normalized spacial score (nSPS) is 17.4. The van der Waals surface area contributed by atoms with Crippen molar-refractivity contribution in [2.24, 2.45) is 0 Å². The van der Waals surface area contributed by atoms with Gasteiger partial charge < -0.3 is 14.0 Å². The topological polar surface area (TPSA) is 78.8 Å². The van der Waals surface area contributed by atoms with Crippen molar-refractivity contribution in [3.63, 3.8) is 0 Å². The average molecular weight is 292 g/mol. The smallest absolute Gasteiger partial charge is 0.223 e. The minimum Gasteiger partial charge on any atom is -0.462 e. The molecular weight excluding hydrogens is 272 g/mol. The van der Waals surface area contributed by atoms with Gasteiger partial charge in [-0.05, 0) is 12.1 Å². The number of hydrogen-bond acceptors (Lipinski definition) is 7. The Balaban J connectivity index is 1.46. The lowest BCUT2D eigenvalue weighted by atomic mass is 10.3. The van der Waals surface area contributed by atoms with Gasteiger partial charge in [-0.3, -0.25) is 9.80 Å². The maximum Gasteiger partial charge on any atom is 0.223 e. The van der Waals surface area contributed by atoms with Crippen LogP contribution in [0.15, 0.2) is 21.1 Å². The molecule has 114 valence electrons. The molecule has 3 heterocycles. The molecule has 1 saturated heterocycles. The molecule has 2 aromatic rings. The van der Waals surface area contributed by atoms with Crippen LogP contribution >= 0.6 is 0 Å². The Morgan fingerprint density at radius 2 is 1.76 bits per heavy atom. The number of aryl methyl sites for hydroxylation is 1. The fourth-order valence-corrected chi connectivity index (χ4v) is 2.52. The SMILES string of the molecule is Cc1nc(CN2CCN(Cc3ccc(CO)o3)CC2)no1. The highest BCUT2D eigenvalue weighted by molar-refractivity contribution is 5.06. The second kappa shape index (κ2) is 6.38. The zero-order chi connectivity index (χ0) is 14.7. The summed E-state index contributed by atoms with van der Waals surface area (Å²) in [6.45, 7) is 7.19. The van der Waals surface area contributed by atoms with E-state index in [-0.39, 0.29) is 6.61 Å². The largest absolute Gasteiger partial charge is 0.462 e. The summed E-state index contributed by atoms with van der Waals surface area (Å²) in [5.41, 5.74) is 0. The molecule has 0 aromatic carbocycles. The number of aliphatic hydroxyl groups is 1. The van der Waals surface area contributed by atoms with Gasteiger partial charge in [0, 0.05) is 33.1 Å². The first-order valence-electron chi connectivity index (χ1n) is 7.15. The second-order valence-corrected chi connectivity index (χ2v) is 5.31. The lowest BCUT2D eigenvalue weighted by Crippen LogP contribution is -2.45. The van der Waals surface area contributed by atoms with Crippen molar-refractivity contribution in [1.29, 1.82) is 0 Å². The maximum atomic E-state index is 9.00. The summed E-state index contributed by atoms with van der Waals surface area (Å²) in [5, 5.41) is 12.9. The van der Waals surface area contributed by atoms with Crippen LogP contribution in [0.5, 0.6) is 0 Å². The molecule has 0 atom stereocenters. The molecule has 1 aliphatic rings. The fraction of sp³-hybridized carbons (Fsp3) is 0.571. The molecule has 1 aliphatic heterocycles. The van der Waals surface area contributed by atoms with Gasteiger partial charge in [-0.2, -0.15) is 4.98 Å². The number of nitrogens with zero attached hydrogens (tertiary/aromatic N) is 4. The third-order valence-corrected chi connectivity index (χ3v) is 3.65. The van der Waals surface area contributed by atoms with Crippen LogP contribution in [0, 0.1) is 6.92 Å². The molecule has 0 amide bonds. The Kier molecular flexibility index (Phi) is 4.33. The van der Waals surface area contributed by atoms with Crippen molar-refractivity contribution >= 4 is 0 Å². The number of rotatable bonds is 5. The molecule has 0 radical (unpaired) electrons. The highest BCUT2D eigenvalue weighted by Crippen LogP contribution is 2.13. The predicted molar refractivity (Wildman–Crippen MR) is 74.2 cm³/mol. The lowest BCUT2D eigenvalue weighted by molar-refractivity contribution is 0.112. The molecule has 1 fully saturated rings. The van der Waals surface area contributed by atoms with E-state index in [1.807, 2.05) is 12.1 Å². The highest BCUT2D eigenvalue weighted by atomic mass is 16.5. The van der Waals surface area contributed by atoms with E-state index in [9.17, 15) is 0 Å². The first kappa shape index (κ1) is 14.2. The minimum atomic E-state index is -0.0438. The summed E-state index contributed by atoms with van der Waals surface area (Å²) >= 11 is 0. The van der Waals surface area contributed by atoms with Gasteiger partial charge in [-0.15, -0.1) is 0 Å². The molecule has 0 unspecified atom stereocenters. The molecule has 7 heteroatoms. The van der Waals surface area contributed by atoms with E-state index < -0.39 is 0 Å². The van der Waals surface area contributed by atoms with Gasteiger partial charge in [0.05, 0.1) is 13.1 Å². The Morgan fingerprint density at radius 1 is 1.10 bits per heavy atom. The summed E-state index contributed by atoms with van der Waals surface area (Å²) in [6, 6.07) is 3.75. The van der Waals surface area contributed by atoms with E-state index in [1.165, 1.54) is 0 Å². The van der Waals surface area contributed by atoms with Crippen LogP contribution in [0.2, 0.25) is 0 Å². The summed E-state index contributed by atoms with van der Waals surface area (Å²) in [4.78, 5) is 8.90. The number of hydrogen-bond donors (Lipinski definition) is 1. The average Bonchev–Trinajstić information content (AvgIpc) is 3.10. The summed E-state index contributed by atoms with van der Waals surface area (Å²) in [6.07, 6.45) is 0. The van der Waals surface area contributed by atoms with Crippen molar-refractivity contribution < 1.29 is 14.0 Å². The molecule has 0 aliphatic carbocycles. The molecular formula is C14H20N4O3. The van der Waals surface area contributed by atoms with Crippen LogP contribution in [0.4, 0.5) is 0 Å². The monoisotopic (exact) mass is 292 g/mol. The van der Waals surface area contributed by atoms with Gasteiger partial charge in [0.1, 0.15) is 18.1 Å². The molecule has 1 N–H and O–H groups in total. The Hall–Kier alpha value is -1.70. The Bertz CT molecular complexity index is 572. The standard InChI is InChI=1S/C14H20N4O3/c1-11-15-14(16-21-11)9-18-6-4-17(5-7-18)8-12-2-3-13(10-19)20-12/h2-3,19H,4-10H2,1H3. The van der Waals surface area contributed by atoms with Crippen molar-refractivity contribution in [2.75, 3.05) is 26.2 Å². The van der Waals surface area contributed by atoms with Gasteiger partial charge in [-0.25, -0.2) is 0 Å². The van der Waals surface area contributed by atoms with E-state index in [1.54, 1.807) is 6.92 Å². The summed E-state index contributed by atoms with van der Waals surface area (Å²) in [5.74, 6) is 2.89. The van der Waals surface area contributed by atoms with Crippen LogP contribution in [0.1, 0.15) is 23.2 Å². The predicted octanol–water partition coefficient (Wildman–Crippen LogP) is 0.781. The van der Waals surface area contributed by atoms with E-state index in [0.717, 1.165) is 50.9 Å². The summed E-state index contributed by atoms with van der Waals surface area (Å²) in [7, 11) is 0. The van der Waals surface area contributed by atoms with Crippen LogP contribution in [0.3, 0.4) is 0 Å². The molecule has 21 heavy (non-hydrogen) atoms. The minimum absolute atomic E-state index is 0.0438. The van der Waals surface area contributed by atoms with Crippen molar-refractivity contribution in [3.8, 4) is 0 Å². The van der Waals surface area contributed by atoms with E-state index in [4.69, 9.17) is 14.0 Å². The van der Waals surface area contributed by atoms with E-state index in [2.05, 4.69) is 19.9 Å². The number of aliphatic hydroxyl groups excluding tert-OH is 1. The van der Waals surface area contributed by atoms with Gasteiger partial charge in [-0.1, -0.05) is 5.16 Å². The van der Waals surface area contributed by atoms with Gasteiger partial charge in [0.25, 0.3) is 0 Å². The molecule has 2 aromatic heterocycles. The number of aromatic nitrogens is 2. The summed E-state index contributed by atoms with van der Waals surface area (Å²) < 4.78 is 10.5. The zero-order valence-electron chi connectivity index (χ0n) is 12.2. The molecule has 0 saturated carbocycles. The fourth-order valence-electron chi connectivity index (χ4n) is 2.52. The van der Waals surface area contributed by atoms with Crippen molar-refractivity contribution in [2.45, 2.75) is 26.6 Å². The maximum absolute atomic E-state index is 9.00. The first-order chi connectivity index (χ1) is 10.2. The van der Waals surface area contributed by atoms with Crippen LogP contribution in [0.25, 0.3) is 0 Å². The number of piperazine rings is 1. The van der Waals surface area contributed by atoms with E-state index in [0.29, 0.717) is 11.7 Å². The van der Waals surface area contributed by atoms with Crippen molar-refractivity contribution in [1.82, 2.24) is 19.9 Å². The van der Waals surface area contributed by atoms with Crippen LogP contribution in [-0.4, -0.2) is 51.2 Å². The van der Waals surface area contributed by atoms with Crippen LogP contribution < -0.4 is 0 Å². The van der Waals surface area contributed by atoms with Gasteiger partial charge >= 0.3 is 0 Å². The molecule has 3 rings (SSSR count). The third kappa shape index (κ3) is 3.69. The van der Waals surface area contributed by atoms with Gasteiger partial charge in [0.2, 0.25) is 5.89 Å². The quantitative estimate of drug-likeness (QED) is 0.872. The van der Waals surface area contributed by atoms with Gasteiger partial charge in [0.15, 0.2) is 5.82 Å². The number of furan rings is 1. The highest BCUT2D eigenvalue weighted by Gasteiger charge is 2.19.